The fourth-order valence-electron chi connectivity index (χ4n) is 2.94. The van der Waals surface area contributed by atoms with Crippen LogP contribution in [0.15, 0.2) is 48.5 Å². The third-order valence-electron chi connectivity index (χ3n) is 3.84. The second-order valence-electron chi connectivity index (χ2n) is 5.42. The Kier molecular flexibility index (Phi) is 2.30. The van der Waals surface area contributed by atoms with Gasteiger partial charge in [-0.1, -0.05) is 53.7 Å². The second kappa shape index (κ2) is 4.04. The van der Waals surface area contributed by atoms with Gasteiger partial charge in [-0.15, -0.1) is 5.10 Å². The van der Waals surface area contributed by atoms with Crippen molar-refractivity contribution in [2.45, 2.75) is 19.9 Å². The van der Waals surface area contributed by atoms with Gasteiger partial charge in [0.05, 0.1) is 5.52 Å². The average Bonchev–Trinajstić information content (AvgIpc) is 2.93. The van der Waals surface area contributed by atoms with Crippen LogP contribution in [0.5, 0.6) is 0 Å². The minimum Gasteiger partial charge on any atom is -0.242 e. The Hall–Kier alpha value is -2.42. The Labute approximate surface area is 116 Å². The molecule has 0 aliphatic heterocycles. The molecule has 0 unspecified atom stereocenters. The molecule has 0 radical (unpaired) electrons. The van der Waals surface area contributed by atoms with Crippen molar-refractivity contribution in [3.63, 3.8) is 0 Å². The zero-order valence-electron chi connectivity index (χ0n) is 11.5. The van der Waals surface area contributed by atoms with E-state index in [1.807, 2.05) is 4.68 Å². The predicted molar refractivity (Wildman–Crippen MR) is 82.9 cm³/mol. The quantitative estimate of drug-likeness (QED) is 0.478. The molecule has 0 saturated heterocycles. The first-order valence-corrected chi connectivity index (χ1v) is 6.91. The third kappa shape index (κ3) is 1.40. The Morgan fingerprint density at radius 1 is 0.800 bits per heavy atom. The molecule has 0 aliphatic carbocycles. The first-order chi connectivity index (χ1) is 9.77. The van der Waals surface area contributed by atoms with Crippen molar-refractivity contribution < 1.29 is 0 Å². The van der Waals surface area contributed by atoms with E-state index in [1.165, 1.54) is 21.5 Å². The van der Waals surface area contributed by atoms with Crippen LogP contribution in [0.2, 0.25) is 0 Å². The highest BCUT2D eigenvalue weighted by atomic mass is 15.4. The summed E-state index contributed by atoms with van der Waals surface area (Å²) in [5, 5.41) is 13.7. The molecular weight excluding hydrogens is 246 g/mol. The largest absolute Gasteiger partial charge is 0.242 e. The van der Waals surface area contributed by atoms with Gasteiger partial charge >= 0.3 is 0 Å². The van der Waals surface area contributed by atoms with Gasteiger partial charge in [-0.05, 0) is 24.6 Å². The van der Waals surface area contributed by atoms with E-state index in [0.717, 1.165) is 11.0 Å². The summed E-state index contributed by atoms with van der Waals surface area (Å²) in [4.78, 5) is 0. The van der Waals surface area contributed by atoms with E-state index in [1.54, 1.807) is 0 Å². The van der Waals surface area contributed by atoms with Gasteiger partial charge in [0.25, 0.3) is 0 Å². The van der Waals surface area contributed by atoms with Crippen LogP contribution >= 0.6 is 0 Å². The van der Waals surface area contributed by atoms with Crippen molar-refractivity contribution in [2.24, 2.45) is 0 Å². The van der Waals surface area contributed by atoms with Gasteiger partial charge in [-0.25, -0.2) is 4.68 Å². The zero-order valence-corrected chi connectivity index (χ0v) is 11.5. The lowest BCUT2D eigenvalue weighted by Gasteiger charge is -2.10. The molecule has 3 heteroatoms. The fourth-order valence-corrected chi connectivity index (χ4v) is 2.94. The van der Waals surface area contributed by atoms with Gasteiger partial charge in [-0.2, -0.15) is 0 Å². The molecule has 0 amide bonds. The average molecular weight is 261 g/mol. The molecule has 0 bridgehead atoms. The lowest BCUT2D eigenvalue weighted by molar-refractivity contribution is 0.531. The Morgan fingerprint density at radius 2 is 1.35 bits per heavy atom. The Balaban J connectivity index is 2.37. The summed E-state index contributed by atoms with van der Waals surface area (Å²) in [5.41, 5.74) is 2.13. The first-order valence-electron chi connectivity index (χ1n) is 6.91. The van der Waals surface area contributed by atoms with E-state index >= 15 is 0 Å². The van der Waals surface area contributed by atoms with Crippen LogP contribution in [0.1, 0.15) is 19.9 Å². The molecule has 4 aromatic rings. The molecule has 4 rings (SSSR count). The lowest BCUT2D eigenvalue weighted by Crippen LogP contribution is -2.02. The van der Waals surface area contributed by atoms with Crippen molar-refractivity contribution in [3.05, 3.63) is 48.5 Å². The van der Waals surface area contributed by atoms with Crippen LogP contribution in [-0.4, -0.2) is 15.0 Å². The highest BCUT2D eigenvalue weighted by Gasteiger charge is 2.15. The second-order valence-corrected chi connectivity index (χ2v) is 5.42. The van der Waals surface area contributed by atoms with Gasteiger partial charge < -0.3 is 0 Å². The maximum Gasteiger partial charge on any atom is 0.121 e. The first kappa shape index (κ1) is 11.4. The standard InChI is InChI=1S/C17H15N3/c1-11(2)20-17-15-10-6-4-8-13(15)12-7-3-5-9-14(12)16(17)18-19-20/h3-11H,1-2H3. The number of fused-ring (bicyclic) bond motifs is 6. The van der Waals surface area contributed by atoms with E-state index in [9.17, 15) is 0 Å². The summed E-state index contributed by atoms with van der Waals surface area (Å²) < 4.78 is 2.02. The number of aromatic nitrogens is 3. The number of benzene rings is 3. The van der Waals surface area contributed by atoms with Crippen LogP contribution in [-0.2, 0) is 0 Å². The van der Waals surface area contributed by atoms with Crippen molar-refractivity contribution in [1.29, 1.82) is 0 Å². The van der Waals surface area contributed by atoms with E-state index in [0.29, 0.717) is 6.04 Å². The lowest BCUT2D eigenvalue weighted by atomic mass is 10.00. The molecular formula is C17H15N3. The van der Waals surface area contributed by atoms with E-state index in [-0.39, 0.29) is 0 Å². The van der Waals surface area contributed by atoms with Crippen LogP contribution in [0, 0.1) is 0 Å². The van der Waals surface area contributed by atoms with Gasteiger partial charge in [-0.3, -0.25) is 0 Å². The third-order valence-corrected chi connectivity index (χ3v) is 3.84. The molecule has 1 aromatic heterocycles. The Morgan fingerprint density at radius 3 is 2.00 bits per heavy atom. The zero-order chi connectivity index (χ0) is 13.7. The summed E-state index contributed by atoms with van der Waals surface area (Å²) in [6.45, 7) is 4.27. The van der Waals surface area contributed by atoms with Gasteiger partial charge in [0, 0.05) is 16.8 Å². The molecule has 0 saturated carbocycles. The summed E-state index contributed by atoms with van der Waals surface area (Å²) in [6.07, 6.45) is 0. The molecule has 0 fully saturated rings. The molecule has 3 nitrogen and oxygen atoms in total. The molecule has 3 aromatic carbocycles. The van der Waals surface area contributed by atoms with E-state index in [4.69, 9.17) is 0 Å². The smallest absolute Gasteiger partial charge is 0.121 e. The molecule has 0 spiro atoms. The van der Waals surface area contributed by atoms with Gasteiger partial charge in [0.1, 0.15) is 5.52 Å². The Bertz CT molecular complexity index is 935. The predicted octanol–water partition coefficient (Wildman–Crippen LogP) is 4.32. The van der Waals surface area contributed by atoms with Crippen molar-refractivity contribution in [2.75, 3.05) is 0 Å². The summed E-state index contributed by atoms with van der Waals surface area (Å²) in [7, 11) is 0. The van der Waals surface area contributed by atoms with E-state index in [2.05, 4.69) is 72.7 Å². The normalized spacial score (nSPS) is 11.9. The van der Waals surface area contributed by atoms with Crippen LogP contribution in [0.3, 0.4) is 0 Å². The molecule has 0 N–H and O–H groups in total. The minimum atomic E-state index is 0.296. The summed E-state index contributed by atoms with van der Waals surface area (Å²) >= 11 is 0. The molecule has 98 valence electrons. The van der Waals surface area contributed by atoms with Gasteiger partial charge in [0.2, 0.25) is 0 Å². The molecule has 1 heterocycles. The molecule has 0 atom stereocenters. The summed E-state index contributed by atoms with van der Waals surface area (Å²) in [6, 6.07) is 17.2. The molecule has 0 aliphatic rings. The maximum atomic E-state index is 4.43. The summed E-state index contributed by atoms with van der Waals surface area (Å²) in [5.74, 6) is 0. The number of hydrogen-bond acceptors (Lipinski definition) is 2. The number of rotatable bonds is 1. The highest BCUT2D eigenvalue weighted by molar-refractivity contribution is 6.23. The van der Waals surface area contributed by atoms with Crippen LogP contribution in [0.25, 0.3) is 32.6 Å². The SMILES string of the molecule is CC(C)n1nnc2c3ccccc3c3ccccc3c21. The number of nitrogens with zero attached hydrogens (tertiary/aromatic N) is 3. The van der Waals surface area contributed by atoms with E-state index < -0.39 is 0 Å². The van der Waals surface area contributed by atoms with Crippen molar-refractivity contribution in [3.8, 4) is 0 Å². The molecule has 20 heavy (non-hydrogen) atoms. The number of hydrogen-bond donors (Lipinski definition) is 0. The highest BCUT2D eigenvalue weighted by Crippen LogP contribution is 2.34. The topological polar surface area (TPSA) is 30.7 Å². The van der Waals surface area contributed by atoms with Crippen molar-refractivity contribution in [1.82, 2.24) is 15.0 Å². The van der Waals surface area contributed by atoms with Crippen LogP contribution < -0.4 is 0 Å². The minimum absolute atomic E-state index is 0.296. The van der Waals surface area contributed by atoms with Crippen LogP contribution in [0.4, 0.5) is 0 Å². The maximum absolute atomic E-state index is 4.43. The van der Waals surface area contributed by atoms with Crippen molar-refractivity contribution >= 4 is 32.6 Å². The van der Waals surface area contributed by atoms with Gasteiger partial charge in [0.15, 0.2) is 0 Å². The monoisotopic (exact) mass is 261 g/mol. The fraction of sp³-hybridized carbons (Fsp3) is 0.176.